The van der Waals surface area contributed by atoms with E-state index in [4.69, 9.17) is 18.9 Å². The summed E-state index contributed by atoms with van der Waals surface area (Å²) in [5.41, 5.74) is -2.56. The van der Waals surface area contributed by atoms with E-state index in [1.807, 2.05) is 0 Å². The van der Waals surface area contributed by atoms with Crippen LogP contribution in [0.3, 0.4) is 0 Å². The van der Waals surface area contributed by atoms with Crippen molar-refractivity contribution in [2.45, 2.75) is 82.0 Å². The average Bonchev–Trinajstić information content (AvgIpc) is 3.67. The number of carbonyl (C=O) groups excluding carboxylic acids is 4. The summed E-state index contributed by atoms with van der Waals surface area (Å²) in [6, 6.07) is 0. The molecule has 0 radical (unpaired) electrons. The van der Waals surface area contributed by atoms with E-state index in [0.29, 0.717) is 19.3 Å². The molecule has 2 saturated heterocycles. The Kier molecular flexibility index (Phi) is 7.32. The van der Waals surface area contributed by atoms with Crippen LogP contribution in [0.2, 0.25) is 0 Å². The SMILES string of the molecule is CC(C)(C(=O)OC1C2CC3C(=O)OC1C3C2)C(F)(F)F.CC(F)(SOO[O-])C(=O)OC1C2CC3C(=O)OC1C3C2. The molecule has 4 bridgehead atoms. The topological polar surface area (TPSA) is 147 Å². The first kappa shape index (κ1) is 29.3. The van der Waals surface area contributed by atoms with Gasteiger partial charge in [-0.1, -0.05) is 0 Å². The summed E-state index contributed by atoms with van der Waals surface area (Å²) in [5, 5.41) is 10.1. The monoisotopic (exact) mass is 599 g/mol. The molecular formula is C24H27F4O11S-. The third kappa shape index (κ3) is 4.73. The van der Waals surface area contributed by atoms with Gasteiger partial charge < -0.3 is 24.2 Å². The Hall–Kier alpha value is -2.17. The third-order valence-electron chi connectivity index (χ3n) is 9.12. The van der Waals surface area contributed by atoms with Crippen LogP contribution in [0.25, 0.3) is 0 Å². The molecule has 0 aromatic rings. The lowest BCUT2D eigenvalue weighted by atomic mass is 9.87. The van der Waals surface area contributed by atoms with Crippen LogP contribution >= 0.6 is 12.0 Å². The smallest absolute Gasteiger partial charge is 0.404 e. The van der Waals surface area contributed by atoms with Gasteiger partial charge in [-0.2, -0.15) is 17.5 Å². The zero-order valence-corrected chi connectivity index (χ0v) is 22.3. The normalized spacial score (nSPS) is 39.8. The predicted octanol–water partition coefficient (Wildman–Crippen LogP) is 2.11. The number of carbonyl (C=O) groups is 4. The number of esters is 4. The molecular weight excluding hydrogens is 572 g/mol. The average molecular weight is 600 g/mol. The maximum Gasteiger partial charge on any atom is 0.404 e. The fourth-order valence-corrected chi connectivity index (χ4v) is 7.13. The van der Waals surface area contributed by atoms with Crippen LogP contribution in [-0.4, -0.2) is 59.5 Å². The summed E-state index contributed by atoms with van der Waals surface area (Å²) in [6.07, 6.45) is -4.47. The van der Waals surface area contributed by atoms with Crippen LogP contribution in [0.1, 0.15) is 46.5 Å². The van der Waals surface area contributed by atoms with Gasteiger partial charge in [-0.05, 0) is 46.5 Å². The van der Waals surface area contributed by atoms with Crippen molar-refractivity contribution in [3.63, 3.8) is 0 Å². The maximum absolute atomic E-state index is 13.9. The predicted molar refractivity (Wildman–Crippen MR) is 118 cm³/mol. The molecule has 224 valence electrons. The summed E-state index contributed by atoms with van der Waals surface area (Å²) in [4.78, 5) is 46.7. The summed E-state index contributed by atoms with van der Waals surface area (Å²) >= 11 is -0.0737. The summed E-state index contributed by atoms with van der Waals surface area (Å²) in [6.45, 7) is 2.49. The molecule has 11 nitrogen and oxygen atoms in total. The molecule has 0 spiro atoms. The highest BCUT2D eigenvalue weighted by Gasteiger charge is 2.65. The molecule has 6 fully saturated rings. The quantitative estimate of drug-likeness (QED) is 0.105. The summed E-state index contributed by atoms with van der Waals surface area (Å²) in [5.74, 6) is -3.31. The number of alkyl halides is 4. The second-order valence-corrected chi connectivity index (χ2v) is 12.9. The number of fused-ring (bicyclic) bond motifs is 2. The lowest BCUT2D eigenvalue weighted by Gasteiger charge is -2.31. The van der Waals surface area contributed by atoms with Crippen molar-refractivity contribution < 1.29 is 70.3 Å². The number of halogens is 4. The first-order valence-electron chi connectivity index (χ1n) is 12.8. The number of hydrogen-bond donors (Lipinski definition) is 0. The number of rotatable bonds is 7. The van der Waals surface area contributed by atoms with E-state index in [1.165, 1.54) is 0 Å². The molecule has 0 aromatic carbocycles. The summed E-state index contributed by atoms with van der Waals surface area (Å²) < 4.78 is 76.7. The van der Waals surface area contributed by atoms with E-state index in [1.54, 1.807) is 0 Å². The molecule has 0 amide bonds. The van der Waals surface area contributed by atoms with Crippen molar-refractivity contribution >= 4 is 35.9 Å². The molecule has 4 aliphatic carbocycles. The van der Waals surface area contributed by atoms with Gasteiger partial charge in [-0.3, -0.25) is 19.4 Å². The Labute approximate surface area is 229 Å². The van der Waals surface area contributed by atoms with Crippen LogP contribution in [-0.2, 0) is 47.5 Å². The van der Waals surface area contributed by atoms with Crippen LogP contribution < -0.4 is 5.26 Å². The maximum atomic E-state index is 13.9. The highest BCUT2D eigenvalue weighted by atomic mass is 32.2. The minimum Gasteiger partial charge on any atom is -0.691 e. The van der Waals surface area contributed by atoms with E-state index in [2.05, 4.69) is 9.37 Å². The van der Waals surface area contributed by atoms with Gasteiger partial charge in [0.1, 0.15) is 24.4 Å². The van der Waals surface area contributed by atoms with Gasteiger partial charge in [0.05, 0.1) is 23.9 Å². The fraction of sp³-hybridized carbons (Fsp3) is 0.833. The Morgan fingerprint density at radius 1 is 0.825 bits per heavy atom. The van der Waals surface area contributed by atoms with E-state index in [0.717, 1.165) is 27.2 Å². The molecule has 0 N–H and O–H groups in total. The van der Waals surface area contributed by atoms with Crippen molar-refractivity contribution in [1.29, 1.82) is 0 Å². The molecule has 16 heteroatoms. The lowest BCUT2D eigenvalue weighted by molar-refractivity contribution is -0.777. The van der Waals surface area contributed by atoms with E-state index >= 15 is 0 Å². The van der Waals surface area contributed by atoms with Gasteiger partial charge in [-0.25, -0.2) is 9.18 Å². The molecule has 6 aliphatic rings. The molecule has 0 aromatic heterocycles. The lowest BCUT2D eigenvalue weighted by Crippen LogP contribution is -2.45. The van der Waals surface area contributed by atoms with Crippen LogP contribution in [0, 0.1) is 40.9 Å². The molecule has 4 saturated carbocycles. The Morgan fingerprint density at radius 3 is 1.70 bits per heavy atom. The van der Waals surface area contributed by atoms with Gasteiger partial charge in [0.15, 0.2) is 5.41 Å². The first-order valence-corrected chi connectivity index (χ1v) is 13.5. The van der Waals surface area contributed by atoms with Crippen LogP contribution in [0.5, 0.6) is 0 Å². The third-order valence-corrected chi connectivity index (χ3v) is 9.72. The van der Waals surface area contributed by atoms with E-state index < -0.39 is 52.9 Å². The largest absolute Gasteiger partial charge is 0.691 e. The van der Waals surface area contributed by atoms with Crippen molar-refractivity contribution in [3.05, 3.63) is 0 Å². The van der Waals surface area contributed by atoms with Gasteiger partial charge in [0.2, 0.25) is 0 Å². The highest BCUT2D eigenvalue weighted by molar-refractivity contribution is 7.96. The van der Waals surface area contributed by atoms with Crippen molar-refractivity contribution in [2.24, 2.45) is 40.9 Å². The molecule has 11 atom stereocenters. The Balaban J connectivity index is 0.000000161. The molecule has 6 rings (SSSR count). The minimum absolute atomic E-state index is 0.000649. The second-order valence-electron chi connectivity index (χ2n) is 11.8. The second kappa shape index (κ2) is 9.98. The van der Waals surface area contributed by atoms with Crippen LogP contribution in [0.15, 0.2) is 0 Å². The van der Waals surface area contributed by atoms with E-state index in [-0.39, 0.29) is 59.5 Å². The highest BCUT2D eigenvalue weighted by Crippen LogP contribution is 2.57. The number of ether oxygens (including phenoxy) is 4. The van der Waals surface area contributed by atoms with E-state index in [9.17, 15) is 42.0 Å². The number of hydrogen-bond acceptors (Lipinski definition) is 12. The van der Waals surface area contributed by atoms with Gasteiger partial charge in [0, 0.05) is 23.7 Å². The summed E-state index contributed by atoms with van der Waals surface area (Å²) in [7, 11) is 0. The van der Waals surface area contributed by atoms with Crippen molar-refractivity contribution in [2.75, 3.05) is 0 Å². The first-order chi connectivity index (χ1) is 18.6. The minimum atomic E-state index is -4.67. The zero-order chi connectivity index (χ0) is 29.4. The molecule has 2 aliphatic heterocycles. The van der Waals surface area contributed by atoms with Crippen LogP contribution in [0.4, 0.5) is 17.6 Å². The standard InChI is InChI=1S/C13H15F3O4.C11H13FO7S/c1-12(2,13(14,15)16)11(18)20-8-5-3-6-7(4-5)10(17)19-9(6)8;1-11(12,20-19-18-15)10(14)17-7-4-2-5-6(3-4)9(13)16-8(5)7/h5-9H,3-4H2,1-2H3;4-8,15H,2-3H2,1H3/p-1. The molecule has 2 heterocycles. The van der Waals surface area contributed by atoms with Crippen molar-refractivity contribution in [3.8, 4) is 0 Å². The van der Waals surface area contributed by atoms with Gasteiger partial charge in [-0.15, -0.1) is 0 Å². The Morgan fingerprint density at radius 2 is 1.27 bits per heavy atom. The zero-order valence-electron chi connectivity index (χ0n) is 21.5. The molecule has 11 unspecified atom stereocenters. The Bertz CT molecular complexity index is 1080. The fourth-order valence-electron chi connectivity index (χ4n) is 6.86. The molecule has 40 heavy (non-hydrogen) atoms. The van der Waals surface area contributed by atoms with Crippen molar-refractivity contribution in [1.82, 2.24) is 0 Å². The van der Waals surface area contributed by atoms with Gasteiger partial charge in [0.25, 0.3) is 5.00 Å². The van der Waals surface area contributed by atoms with Gasteiger partial charge >= 0.3 is 30.1 Å².